The molecule has 1 aromatic carbocycles. The Morgan fingerprint density at radius 3 is 2.59 bits per heavy atom. The summed E-state index contributed by atoms with van der Waals surface area (Å²) in [6.45, 7) is 3.40. The molecule has 1 aromatic rings. The number of anilines is 1. The predicted molar refractivity (Wildman–Crippen MR) is 68.9 cm³/mol. The van der Waals surface area contributed by atoms with Crippen molar-refractivity contribution < 1.29 is 9.90 Å². The molecule has 0 fully saturated rings. The molecule has 2 rings (SSSR count). The lowest BCUT2D eigenvalue weighted by Crippen LogP contribution is -2.18. The third-order valence-corrected chi connectivity index (χ3v) is 3.33. The fraction of sp³-hybridized carbons (Fsp3) is 0.308. The summed E-state index contributed by atoms with van der Waals surface area (Å²) in [6.07, 6.45) is 4.20. The maximum atomic E-state index is 10.9. The number of rotatable bonds is 3. The third kappa shape index (κ3) is 2.44. The summed E-state index contributed by atoms with van der Waals surface area (Å²) < 4.78 is 0. The second kappa shape index (κ2) is 4.80. The highest BCUT2D eigenvalue weighted by Crippen LogP contribution is 2.29. The molecule has 3 nitrogen and oxygen atoms in total. The van der Waals surface area contributed by atoms with E-state index in [9.17, 15) is 4.79 Å². The Bertz CT molecular complexity index is 462. The van der Waals surface area contributed by atoms with Gasteiger partial charge in [-0.05, 0) is 24.6 Å². The van der Waals surface area contributed by atoms with Crippen molar-refractivity contribution in [1.82, 2.24) is 0 Å². The Labute approximate surface area is 105 Å². The Kier molecular flexibility index (Phi) is 3.38. The number of aliphatic carboxylic acids is 1. The normalized spacial score (nSPS) is 16.2. The van der Waals surface area contributed by atoms with Crippen molar-refractivity contribution in [1.29, 1.82) is 0 Å². The van der Waals surface area contributed by atoms with E-state index in [2.05, 4.69) is 17.1 Å². The van der Waals surface area contributed by atoms with Crippen LogP contribution >= 0.6 is 11.6 Å². The van der Waals surface area contributed by atoms with Crippen molar-refractivity contribution in [3.63, 3.8) is 0 Å². The number of carboxylic acids is 1. The molecule has 0 aromatic heterocycles. The highest BCUT2D eigenvalue weighted by atomic mass is 35.5. The van der Waals surface area contributed by atoms with E-state index in [4.69, 9.17) is 16.7 Å². The van der Waals surface area contributed by atoms with Gasteiger partial charge in [0.05, 0.1) is 5.92 Å². The molecule has 1 unspecified atom stereocenters. The highest BCUT2D eigenvalue weighted by molar-refractivity contribution is 6.32. The number of halogens is 1. The first-order chi connectivity index (χ1) is 8.09. The molecule has 4 heteroatoms. The van der Waals surface area contributed by atoms with E-state index in [1.54, 1.807) is 13.0 Å². The monoisotopic (exact) mass is 251 g/mol. The summed E-state index contributed by atoms with van der Waals surface area (Å²) in [4.78, 5) is 13.1. The predicted octanol–water partition coefficient (Wildman–Crippen LogP) is 2.90. The maximum absolute atomic E-state index is 10.9. The summed E-state index contributed by atoms with van der Waals surface area (Å²) in [5.74, 6) is -1.43. The summed E-state index contributed by atoms with van der Waals surface area (Å²) in [6, 6.07) is 5.56. The van der Waals surface area contributed by atoms with Crippen LogP contribution in [0.15, 0.2) is 30.4 Å². The maximum Gasteiger partial charge on any atom is 0.310 e. The zero-order chi connectivity index (χ0) is 12.4. The minimum Gasteiger partial charge on any atom is -0.481 e. The summed E-state index contributed by atoms with van der Waals surface area (Å²) in [5.41, 5.74) is 1.69. The average Bonchev–Trinajstić information content (AvgIpc) is 2.81. The second-order valence-electron chi connectivity index (χ2n) is 4.14. The molecule has 90 valence electrons. The van der Waals surface area contributed by atoms with Crippen LogP contribution in [0.25, 0.3) is 0 Å². The third-order valence-electron chi connectivity index (χ3n) is 3.00. The first-order valence-corrected chi connectivity index (χ1v) is 5.89. The summed E-state index contributed by atoms with van der Waals surface area (Å²) in [7, 11) is 0. The van der Waals surface area contributed by atoms with Crippen molar-refractivity contribution >= 4 is 23.3 Å². The lowest BCUT2D eigenvalue weighted by atomic mass is 10.0. The lowest BCUT2D eigenvalue weighted by Gasteiger charge is -2.19. The molecule has 0 saturated heterocycles. The zero-order valence-electron chi connectivity index (χ0n) is 9.56. The molecule has 0 radical (unpaired) electrons. The van der Waals surface area contributed by atoms with E-state index in [1.165, 1.54) is 0 Å². The largest absolute Gasteiger partial charge is 0.481 e. The zero-order valence-corrected chi connectivity index (χ0v) is 10.3. The van der Waals surface area contributed by atoms with Crippen molar-refractivity contribution in [2.75, 3.05) is 18.0 Å². The molecule has 1 N–H and O–H groups in total. The molecule has 1 heterocycles. The molecule has 0 bridgehead atoms. The van der Waals surface area contributed by atoms with Crippen LogP contribution in [0.4, 0.5) is 5.69 Å². The summed E-state index contributed by atoms with van der Waals surface area (Å²) in [5, 5.41) is 9.48. The Balaban J connectivity index is 2.25. The van der Waals surface area contributed by atoms with Crippen LogP contribution in [-0.4, -0.2) is 24.2 Å². The van der Waals surface area contributed by atoms with Gasteiger partial charge in [0.1, 0.15) is 0 Å². The van der Waals surface area contributed by atoms with E-state index in [0.717, 1.165) is 18.8 Å². The lowest BCUT2D eigenvalue weighted by molar-refractivity contribution is -0.138. The van der Waals surface area contributed by atoms with Crippen LogP contribution in [0, 0.1) is 0 Å². The van der Waals surface area contributed by atoms with E-state index < -0.39 is 11.9 Å². The first-order valence-electron chi connectivity index (χ1n) is 5.52. The fourth-order valence-electron chi connectivity index (χ4n) is 1.89. The van der Waals surface area contributed by atoms with Crippen LogP contribution in [-0.2, 0) is 4.79 Å². The molecule has 1 aliphatic heterocycles. The minimum absolute atomic E-state index is 0.518. The average molecular weight is 252 g/mol. The quantitative estimate of drug-likeness (QED) is 0.840. The van der Waals surface area contributed by atoms with Crippen LogP contribution < -0.4 is 4.90 Å². The fourth-order valence-corrected chi connectivity index (χ4v) is 2.22. The molecule has 0 spiro atoms. The Hall–Kier alpha value is -1.48. The Morgan fingerprint density at radius 1 is 1.41 bits per heavy atom. The van der Waals surface area contributed by atoms with Gasteiger partial charge in [-0.3, -0.25) is 4.79 Å². The van der Waals surface area contributed by atoms with Gasteiger partial charge in [-0.1, -0.05) is 29.8 Å². The van der Waals surface area contributed by atoms with Crippen molar-refractivity contribution in [2.24, 2.45) is 0 Å². The molecule has 0 aliphatic carbocycles. The van der Waals surface area contributed by atoms with Gasteiger partial charge in [0, 0.05) is 23.8 Å². The first kappa shape index (κ1) is 12.0. The van der Waals surface area contributed by atoms with E-state index in [0.29, 0.717) is 10.6 Å². The van der Waals surface area contributed by atoms with Gasteiger partial charge in [0.2, 0.25) is 0 Å². The van der Waals surface area contributed by atoms with Gasteiger partial charge in [-0.25, -0.2) is 0 Å². The van der Waals surface area contributed by atoms with Crippen molar-refractivity contribution in [2.45, 2.75) is 12.8 Å². The Morgan fingerprint density at radius 2 is 2.06 bits per heavy atom. The van der Waals surface area contributed by atoms with E-state index in [1.807, 2.05) is 12.1 Å². The van der Waals surface area contributed by atoms with Gasteiger partial charge in [-0.2, -0.15) is 0 Å². The number of hydrogen-bond donors (Lipinski definition) is 1. The number of hydrogen-bond acceptors (Lipinski definition) is 2. The molecule has 0 saturated carbocycles. The van der Waals surface area contributed by atoms with Crippen LogP contribution in [0.2, 0.25) is 5.02 Å². The van der Waals surface area contributed by atoms with Crippen LogP contribution in [0.3, 0.4) is 0 Å². The van der Waals surface area contributed by atoms with E-state index in [-0.39, 0.29) is 0 Å². The molecular weight excluding hydrogens is 238 g/mol. The van der Waals surface area contributed by atoms with Gasteiger partial charge >= 0.3 is 5.97 Å². The molecule has 17 heavy (non-hydrogen) atoms. The molecule has 0 amide bonds. The van der Waals surface area contributed by atoms with Crippen LogP contribution in [0.5, 0.6) is 0 Å². The van der Waals surface area contributed by atoms with Crippen molar-refractivity contribution in [3.05, 3.63) is 40.9 Å². The van der Waals surface area contributed by atoms with Crippen LogP contribution in [0.1, 0.15) is 18.4 Å². The van der Waals surface area contributed by atoms with Gasteiger partial charge in [0.15, 0.2) is 0 Å². The van der Waals surface area contributed by atoms with Gasteiger partial charge in [-0.15, -0.1) is 0 Å². The van der Waals surface area contributed by atoms with Gasteiger partial charge < -0.3 is 10.0 Å². The molecule has 1 aliphatic rings. The van der Waals surface area contributed by atoms with Crippen molar-refractivity contribution in [3.8, 4) is 0 Å². The molecule has 1 atom stereocenters. The van der Waals surface area contributed by atoms with E-state index >= 15 is 0 Å². The number of carbonyl (C=O) groups is 1. The van der Waals surface area contributed by atoms with Gasteiger partial charge in [0.25, 0.3) is 0 Å². The number of nitrogens with zero attached hydrogens (tertiary/aromatic N) is 1. The molecular formula is C13H14ClNO2. The SMILES string of the molecule is CC(C(=O)O)c1ccc(N2CC=CC2)cc1Cl. The smallest absolute Gasteiger partial charge is 0.310 e. The summed E-state index contributed by atoms with van der Waals surface area (Å²) >= 11 is 6.14. The second-order valence-corrected chi connectivity index (χ2v) is 4.55. The highest BCUT2D eigenvalue weighted by Gasteiger charge is 2.18. The number of carboxylic acid groups (broad SMARTS) is 1. The minimum atomic E-state index is -0.859. The number of benzene rings is 1. The topological polar surface area (TPSA) is 40.5 Å². The standard InChI is InChI=1S/C13H14ClNO2/c1-9(13(16)17)11-5-4-10(8-12(11)14)15-6-2-3-7-15/h2-5,8-9H,6-7H2,1H3,(H,16,17).